The number of ether oxygens (including phenoxy) is 2. The first-order valence-corrected chi connectivity index (χ1v) is 5.73. The fraction of sp³-hybridized carbons (Fsp3) is 1.00. The van der Waals surface area contributed by atoms with Gasteiger partial charge in [-0.1, -0.05) is 31.9 Å². The molecule has 0 aromatic rings. The van der Waals surface area contributed by atoms with Gasteiger partial charge in [-0.15, -0.1) is 0 Å². The summed E-state index contributed by atoms with van der Waals surface area (Å²) in [5.41, 5.74) is 0. The van der Waals surface area contributed by atoms with Crippen LogP contribution in [0.2, 0.25) is 0 Å². The zero-order valence-electron chi connectivity index (χ0n) is 6.85. The van der Waals surface area contributed by atoms with Crippen LogP contribution in [0.3, 0.4) is 0 Å². The second-order valence-corrected chi connectivity index (χ2v) is 3.77. The molecular weight excluding hydrogens is 276 g/mol. The van der Waals surface area contributed by atoms with E-state index >= 15 is 0 Å². The van der Waals surface area contributed by atoms with E-state index in [1.165, 1.54) is 0 Å². The Balaban J connectivity index is 3.66. The van der Waals surface area contributed by atoms with Crippen molar-refractivity contribution in [3.63, 3.8) is 0 Å². The SMILES string of the molecule is CCOC(OCC)[C@H](Br)CBr. The van der Waals surface area contributed by atoms with Gasteiger partial charge in [0.25, 0.3) is 0 Å². The van der Waals surface area contributed by atoms with Crippen molar-refractivity contribution in [2.45, 2.75) is 25.0 Å². The summed E-state index contributed by atoms with van der Waals surface area (Å²) >= 11 is 6.80. The average Bonchev–Trinajstić information content (AvgIpc) is 2.03. The van der Waals surface area contributed by atoms with Gasteiger partial charge in [-0.25, -0.2) is 0 Å². The second kappa shape index (κ2) is 7.53. The highest BCUT2D eigenvalue weighted by Gasteiger charge is 2.17. The number of halogens is 2. The highest BCUT2D eigenvalue weighted by molar-refractivity contribution is 9.12. The van der Waals surface area contributed by atoms with Crippen LogP contribution < -0.4 is 0 Å². The van der Waals surface area contributed by atoms with Gasteiger partial charge < -0.3 is 9.47 Å². The molecule has 0 aliphatic carbocycles. The molecule has 0 spiro atoms. The third kappa shape index (κ3) is 5.17. The van der Waals surface area contributed by atoms with E-state index in [9.17, 15) is 0 Å². The predicted octanol–water partition coefficient (Wildman–Crippen LogP) is 2.54. The molecule has 0 saturated heterocycles. The van der Waals surface area contributed by atoms with E-state index < -0.39 is 0 Å². The van der Waals surface area contributed by atoms with Gasteiger partial charge >= 0.3 is 0 Å². The van der Waals surface area contributed by atoms with Crippen molar-refractivity contribution in [3.8, 4) is 0 Å². The minimum Gasteiger partial charge on any atom is -0.352 e. The monoisotopic (exact) mass is 288 g/mol. The van der Waals surface area contributed by atoms with Gasteiger partial charge in [0.05, 0.1) is 4.83 Å². The minimum atomic E-state index is -0.135. The maximum absolute atomic E-state index is 5.34. The summed E-state index contributed by atoms with van der Waals surface area (Å²) in [5, 5.41) is 0.831. The predicted molar refractivity (Wildman–Crippen MR) is 53.5 cm³/mol. The standard InChI is InChI=1S/C7H14Br2O2/c1-3-10-7(11-4-2)6(9)5-8/h6-7H,3-5H2,1-2H3/t6-/m1/s1. The van der Waals surface area contributed by atoms with E-state index in [-0.39, 0.29) is 11.1 Å². The van der Waals surface area contributed by atoms with Crippen molar-refractivity contribution in [2.75, 3.05) is 18.5 Å². The molecule has 4 heteroatoms. The molecule has 0 rings (SSSR count). The van der Waals surface area contributed by atoms with Crippen molar-refractivity contribution in [3.05, 3.63) is 0 Å². The smallest absolute Gasteiger partial charge is 0.170 e. The number of rotatable bonds is 6. The van der Waals surface area contributed by atoms with Crippen molar-refractivity contribution in [1.82, 2.24) is 0 Å². The Kier molecular flexibility index (Phi) is 8.13. The summed E-state index contributed by atoms with van der Waals surface area (Å²) in [6.07, 6.45) is -0.135. The Bertz CT molecular complexity index is 84.5. The van der Waals surface area contributed by atoms with Crippen LogP contribution in [0.4, 0.5) is 0 Å². The molecule has 0 aliphatic rings. The molecule has 0 N–H and O–H groups in total. The Morgan fingerprint density at radius 1 is 1.18 bits per heavy atom. The molecule has 68 valence electrons. The van der Waals surface area contributed by atoms with E-state index in [2.05, 4.69) is 31.9 Å². The molecule has 0 heterocycles. The maximum Gasteiger partial charge on any atom is 0.170 e. The third-order valence-corrected chi connectivity index (χ3v) is 3.43. The summed E-state index contributed by atoms with van der Waals surface area (Å²) in [6.45, 7) is 5.28. The molecule has 0 unspecified atom stereocenters. The Hall–Kier alpha value is 0.880. The Morgan fingerprint density at radius 2 is 1.64 bits per heavy atom. The topological polar surface area (TPSA) is 18.5 Å². The zero-order valence-corrected chi connectivity index (χ0v) is 10.0. The molecule has 0 radical (unpaired) electrons. The van der Waals surface area contributed by atoms with Crippen molar-refractivity contribution in [1.29, 1.82) is 0 Å². The lowest BCUT2D eigenvalue weighted by atomic mass is 10.5. The maximum atomic E-state index is 5.34. The largest absolute Gasteiger partial charge is 0.352 e. The van der Waals surface area contributed by atoms with Crippen LogP contribution in [-0.4, -0.2) is 29.7 Å². The molecule has 0 amide bonds. The van der Waals surface area contributed by atoms with Crippen molar-refractivity contribution >= 4 is 31.9 Å². The molecule has 0 bridgehead atoms. The summed E-state index contributed by atoms with van der Waals surface area (Å²) in [4.78, 5) is 0.224. The number of alkyl halides is 2. The van der Waals surface area contributed by atoms with Crippen LogP contribution in [0.1, 0.15) is 13.8 Å². The van der Waals surface area contributed by atoms with Crippen molar-refractivity contribution < 1.29 is 9.47 Å². The van der Waals surface area contributed by atoms with Gasteiger partial charge in [-0.3, -0.25) is 0 Å². The molecule has 1 atom stereocenters. The second-order valence-electron chi connectivity index (χ2n) is 1.95. The minimum absolute atomic E-state index is 0.135. The van der Waals surface area contributed by atoms with Gasteiger partial charge in [0.1, 0.15) is 0 Å². The van der Waals surface area contributed by atoms with Crippen LogP contribution in [0.5, 0.6) is 0 Å². The highest BCUT2D eigenvalue weighted by atomic mass is 79.9. The first-order chi connectivity index (χ1) is 5.26. The first kappa shape index (κ1) is 11.9. The molecule has 0 aromatic carbocycles. The summed E-state index contributed by atoms with van der Waals surface area (Å²) in [5.74, 6) is 0. The molecule has 0 saturated carbocycles. The summed E-state index contributed by atoms with van der Waals surface area (Å²) in [6, 6.07) is 0. The summed E-state index contributed by atoms with van der Waals surface area (Å²) < 4.78 is 10.7. The lowest BCUT2D eigenvalue weighted by Crippen LogP contribution is -2.28. The Morgan fingerprint density at radius 3 is 1.91 bits per heavy atom. The third-order valence-electron chi connectivity index (χ3n) is 1.10. The van der Waals surface area contributed by atoms with E-state index in [1.54, 1.807) is 0 Å². The van der Waals surface area contributed by atoms with Crippen LogP contribution in [-0.2, 0) is 9.47 Å². The average molecular weight is 290 g/mol. The number of hydrogen-bond acceptors (Lipinski definition) is 2. The molecule has 0 aromatic heterocycles. The zero-order chi connectivity index (χ0) is 8.69. The van der Waals surface area contributed by atoms with Gasteiger partial charge in [0, 0.05) is 18.5 Å². The fourth-order valence-electron chi connectivity index (χ4n) is 0.658. The van der Waals surface area contributed by atoms with E-state index in [4.69, 9.17) is 9.47 Å². The van der Waals surface area contributed by atoms with Gasteiger partial charge in [0.15, 0.2) is 6.29 Å². The van der Waals surface area contributed by atoms with E-state index in [0.717, 1.165) is 5.33 Å². The molecular formula is C7H14Br2O2. The lowest BCUT2D eigenvalue weighted by molar-refractivity contribution is -0.131. The molecule has 11 heavy (non-hydrogen) atoms. The molecule has 2 nitrogen and oxygen atoms in total. The highest BCUT2D eigenvalue weighted by Crippen LogP contribution is 2.13. The van der Waals surface area contributed by atoms with Gasteiger partial charge in [-0.2, -0.15) is 0 Å². The van der Waals surface area contributed by atoms with Crippen LogP contribution in [0.15, 0.2) is 0 Å². The van der Waals surface area contributed by atoms with Crippen LogP contribution in [0, 0.1) is 0 Å². The molecule has 0 fully saturated rings. The van der Waals surface area contributed by atoms with Gasteiger partial charge in [0.2, 0.25) is 0 Å². The first-order valence-electron chi connectivity index (χ1n) is 3.69. The van der Waals surface area contributed by atoms with E-state index in [0.29, 0.717) is 13.2 Å². The summed E-state index contributed by atoms with van der Waals surface area (Å²) in [7, 11) is 0. The van der Waals surface area contributed by atoms with Crippen molar-refractivity contribution in [2.24, 2.45) is 0 Å². The quantitative estimate of drug-likeness (QED) is 0.553. The molecule has 0 aliphatic heterocycles. The lowest BCUT2D eigenvalue weighted by Gasteiger charge is -2.20. The van der Waals surface area contributed by atoms with Crippen LogP contribution >= 0.6 is 31.9 Å². The Labute approximate surface area is 84.9 Å². The van der Waals surface area contributed by atoms with Crippen LogP contribution in [0.25, 0.3) is 0 Å². The normalized spacial score (nSPS) is 13.9. The number of hydrogen-bond donors (Lipinski definition) is 0. The van der Waals surface area contributed by atoms with Gasteiger partial charge in [-0.05, 0) is 13.8 Å². The van der Waals surface area contributed by atoms with E-state index in [1.807, 2.05) is 13.8 Å². The fourth-order valence-corrected chi connectivity index (χ4v) is 1.27.